The van der Waals surface area contributed by atoms with Gasteiger partial charge < -0.3 is 9.32 Å². The zero-order chi connectivity index (χ0) is 28.3. The van der Waals surface area contributed by atoms with Crippen LogP contribution in [0.4, 0.5) is 17.1 Å². The molecule has 0 radical (unpaired) electrons. The number of furan rings is 1. The third-order valence-corrected chi connectivity index (χ3v) is 9.60. The van der Waals surface area contributed by atoms with E-state index in [0.717, 1.165) is 39.0 Å². The lowest BCUT2D eigenvalue weighted by Gasteiger charge is -2.28. The second-order valence-electron chi connectivity index (χ2n) is 10.9. The van der Waals surface area contributed by atoms with Gasteiger partial charge in [0.15, 0.2) is 5.58 Å². The molecular weight excluding hydrogens is 543 g/mol. The second-order valence-corrected chi connectivity index (χ2v) is 12.0. The highest BCUT2D eigenvalue weighted by molar-refractivity contribution is 7.26. The summed E-state index contributed by atoms with van der Waals surface area (Å²) >= 11 is 1.84. The molecule has 0 saturated carbocycles. The molecule has 7 aromatic carbocycles. The van der Waals surface area contributed by atoms with E-state index in [1.54, 1.807) is 0 Å². The van der Waals surface area contributed by atoms with E-state index < -0.39 is 0 Å². The van der Waals surface area contributed by atoms with Gasteiger partial charge in [0.25, 0.3) is 0 Å². The third kappa shape index (κ3) is 3.72. The molecule has 0 aliphatic rings. The normalized spacial score (nSPS) is 11.7. The summed E-state index contributed by atoms with van der Waals surface area (Å²) in [7, 11) is 0. The quantitative estimate of drug-likeness (QED) is 0.210. The van der Waals surface area contributed by atoms with Gasteiger partial charge in [0.2, 0.25) is 0 Å². The van der Waals surface area contributed by atoms with Gasteiger partial charge in [-0.2, -0.15) is 0 Å². The van der Waals surface area contributed by atoms with Crippen molar-refractivity contribution in [2.24, 2.45) is 0 Å². The maximum absolute atomic E-state index is 6.82. The van der Waals surface area contributed by atoms with Crippen LogP contribution in [0, 0.1) is 0 Å². The maximum Gasteiger partial charge on any atom is 0.160 e. The number of rotatable bonds is 4. The Morgan fingerprint density at radius 3 is 2.02 bits per heavy atom. The molecule has 0 spiro atoms. The van der Waals surface area contributed by atoms with E-state index in [0.29, 0.717) is 0 Å². The van der Waals surface area contributed by atoms with Gasteiger partial charge in [0.1, 0.15) is 5.58 Å². The van der Waals surface area contributed by atoms with Crippen LogP contribution in [0.5, 0.6) is 0 Å². The van der Waals surface area contributed by atoms with E-state index >= 15 is 0 Å². The zero-order valence-corrected chi connectivity index (χ0v) is 24.0. The molecule has 202 valence electrons. The van der Waals surface area contributed by atoms with Crippen LogP contribution in [-0.2, 0) is 0 Å². The van der Waals surface area contributed by atoms with Crippen molar-refractivity contribution < 1.29 is 4.42 Å². The number of para-hydroxylation sites is 1. The Bertz CT molecular complexity index is 2460. The summed E-state index contributed by atoms with van der Waals surface area (Å²) in [6.07, 6.45) is 0. The Morgan fingerprint density at radius 2 is 1.12 bits per heavy atom. The van der Waals surface area contributed by atoms with E-state index in [2.05, 4.69) is 150 Å². The Morgan fingerprint density at radius 1 is 0.442 bits per heavy atom. The summed E-state index contributed by atoms with van der Waals surface area (Å²) in [5.41, 5.74) is 7.39. The molecule has 0 amide bonds. The van der Waals surface area contributed by atoms with Crippen molar-refractivity contribution in [1.29, 1.82) is 0 Å². The van der Waals surface area contributed by atoms with E-state index in [4.69, 9.17) is 4.42 Å². The molecule has 2 heterocycles. The first kappa shape index (κ1) is 24.2. The third-order valence-electron chi connectivity index (χ3n) is 8.46. The highest BCUT2D eigenvalue weighted by Gasteiger charge is 2.25. The molecule has 0 atom stereocenters. The summed E-state index contributed by atoms with van der Waals surface area (Å²) in [5, 5.41) is 7.17. The Balaban J connectivity index is 1.44. The molecule has 0 unspecified atom stereocenters. The minimum Gasteiger partial charge on any atom is -0.454 e. The monoisotopic (exact) mass is 567 g/mol. The van der Waals surface area contributed by atoms with Crippen LogP contribution in [0.2, 0.25) is 0 Å². The van der Waals surface area contributed by atoms with Crippen LogP contribution >= 0.6 is 11.3 Å². The molecule has 0 aliphatic heterocycles. The van der Waals surface area contributed by atoms with Gasteiger partial charge >= 0.3 is 0 Å². The standard InChI is InChI=1S/C40H25NOS/c1-2-12-27(13-3-1)29-24-25-34(40-38(29)30-17-6-8-21-35(30)42-40)41(32-19-10-15-26-14-4-5-16-28(26)32)33-20-11-23-37-39(33)31-18-7-9-22-36(31)43-37/h1-25H. The molecule has 9 rings (SSSR count). The van der Waals surface area contributed by atoms with E-state index in [9.17, 15) is 0 Å². The van der Waals surface area contributed by atoms with Gasteiger partial charge in [-0.05, 0) is 52.9 Å². The minimum absolute atomic E-state index is 0.882. The topological polar surface area (TPSA) is 16.4 Å². The SMILES string of the molecule is c1ccc(-c2ccc(N(c3cccc4ccccc34)c3cccc4sc5ccccc5c34)c3oc4ccccc4c23)cc1. The maximum atomic E-state index is 6.82. The van der Waals surface area contributed by atoms with Gasteiger partial charge in [-0.15, -0.1) is 11.3 Å². The average molecular weight is 568 g/mol. The number of anilines is 3. The van der Waals surface area contributed by atoms with Crippen LogP contribution in [0.25, 0.3) is 64.0 Å². The summed E-state index contributed by atoms with van der Waals surface area (Å²) in [6.45, 7) is 0. The zero-order valence-electron chi connectivity index (χ0n) is 23.2. The molecular formula is C40H25NOS. The Hall–Kier alpha value is -5.38. The van der Waals surface area contributed by atoms with Crippen LogP contribution in [0.3, 0.4) is 0 Å². The van der Waals surface area contributed by atoms with Gasteiger partial charge in [-0.25, -0.2) is 0 Å². The van der Waals surface area contributed by atoms with Crippen molar-refractivity contribution in [1.82, 2.24) is 0 Å². The minimum atomic E-state index is 0.882. The molecule has 43 heavy (non-hydrogen) atoms. The molecule has 0 fully saturated rings. The van der Waals surface area contributed by atoms with E-state index in [1.807, 2.05) is 17.4 Å². The fourth-order valence-electron chi connectivity index (χ4n) is 6.58. The molecule has 0 bridgehead atoms. The summed E-state index contributed by atoms with van der Waals surface area (Å²) in [5.74, 6) is 0. The van der Waals surface area contributed by atoms with Crippen molar-refractivity contribution in [2.45, 2.75) is 0 Å². The Labute approximate surface area is 252 Å². The number of hydrogen-bond donors (Lipinski definition) is 0. The predicted octanol–water partition coefficient (Wildman–Crippen LogP) is 12.2. The average Bonchev–Trinajstić information content (AvgIpc) is 3.65. The summed E-state index contributed by atoms with van der Waals surface area (Å²) in [6, 6.07) is 54.1. The highest BCUT2D eigenvalue weighted by Crippen LogP contribution is 2.50. The van der Waals surface area contributed by atoms with Crippen LogP contribution in [-0.4, -0.2) is 0 Å². The summed E-state index contributed by atoms with van der Waals surface area (Å²) < 4.78 is 9.38. The van der Waals surface area contributed by atoms with Crippen molar-refractivity contribution in [3.63, 3.8) is 0 Å². The molecule has 0 aliphatic carbocycles. The molecule has 3 heteroatoms. The largest absolute Gasteiger partial charge is 0.454 e. The van der Waals surface area contributed by atoms with Crippen LogP contribution in [0.1, 0.15) is 0 Å². The van der Waals surface area contributed by atoms with E-state index in [-0.39, 0.29) is 0 Å². The van der Waals surface area contributed by atoms with Gasteiger partial charge in [-0.1, -0.05) is 115 Å². The predicted molar refractivity (Wildman–Crippen MR) is 184 cm³/mol. The molecule has 2 nitrogen and oxygen atoms in total. The highest BCUT2D eigenvalue weighted by atomic mass is 32.1. The number of nitrogens with zero attached hydrogens (tertiary/aromatic N) is 1. The van der Waals surface area contributed by atoms with E-state index in [1.165, 1.54) is 42.1 Å². The van der Waals surface area contributed by atoms with Crippen molar-refractivity contribution in [3.05, 3.63) is 152 Å². The number of thiophene rings is 1. The first-order valence-corrected chi connectivity index (χ1v) is 15.3. The lowest BCUT2D eigenvalue weighted by Crippen LogP contribution is -2.11. The number of hydrogen-bond acceptors (Lipinski definition) is 3. The number of fused-ring (bicyclic) bond motifs is 7. The fourth-order valence-corrected chi connectivity index (χ4v) is 7.71. The first-order chi connectivity index (χ1) is 21.3. The molecule has 0 saturated heterocycles. The van der Waals surface area contributed by atoms with Gasteiger partial charge in [0.05, 0.1) is 17.1 Å². The Kier molecular flexibility index (Phi) is 5.40. The number of benzene rings is 7. The lowest BCUT2D eigenvalue weighted by molar-refractivity contribution is 0.669. The molecule has 0 N–H and O–H groups in total. The van der Waals surface area contributed by atoms with Crippen LogP contribution in [0.15, 0.2) is 156 Å². The lowest BCUT2D eigenvalue weighted by atomic mass is 9.97. The van der Waals surface area contributed by atoms with Crippen LogP contribution < -0.4 is 4.90 Å². The van der Waals surface area contributed by atoms with Gasteiger partial charge in [0, 0.05) is 36.3 Å². The van der Waals surface area contributed by atoms with Crippen molar-refractivity contribution in [3.8, 4) is 11.1 Å². The first-order valence-electron chi connectivity index (χ1n) is 14.5. The smallest absolute Gasteiger partial charge is 0.160 e. The summed E-state index contributed by atoms with van der Waals surface area (Å²) in [4.78, 5) is 2.42. The molecule has 9 aromatic rings. The van der Waals surface area contributed by atoms with Crippen molar-refractivity contribution in [2.75, 3.05) is 4.90 Å². The fraction of sp³-hybridized carbons (Fsp3) is 0. The van der Waals surface area contributed by atoms with Gasteiger partial charge in [-0.3, -0.25) is 0 Å². The van der Waals surface area contributed by atoms with Crippen molar-refractivity contribution >= 4 is 81.3 Å². The molecule has 2 aromatic heterocycles. The second kappa shape index (κ2) is 9.59.